The number of carbonyl (C=O) groups excluding carboxylic acids is 2. The minimum absolute atomic E-state index is 0.369. The number of hydrogen-bond acceptors (Lipinski definition) is 3. The lowest BCUT2D eigenvalue weighted by atomic mass is 10.2. The van der Waals surface area contributed by atoms with Crippen LogP contribution in [0.5, 0.6) is 0 Å². The van der Waals surface area contributed by atoms with Gasteiger partial charge in [-0.15, -0.1) is 0 Å². The summed E-state index contributed by atoms with van der Waals surface area (Å²) in [4.78, 5) is 25.9. The van der Waals surface area contributed by atoms with E-state index < -0.39 is 11.8 Å². The predicted octanol–water partition coefficient (Wildman–Crippen LogP) is 1.91. The molecule has 6 nitrogen and oxygen atoms in total. The van der Waals surface area contributed by atoms with Gasteiger partial charge in [0.05, 0.1) is 0 Å². The van der Waals surface area contributed by atoms with Crippen molar-refractivity contribution in [3.05, 3.63) is 40.5 Å². The maximum absolute atomic E-state index is 12.3. The van der Waals surface area contributed by atoms with Crippen LogP contribution in [0.4, 0.5) is 11.5 Å². The summed E-state index contributed by atoms with van der Waals surface area (Å²) >= 11 is 5.94. The molecule has 22 heavy (non-hydrogen) atoms. The van der Waals surface area contributed by atoms with Crippen molar-refractivity contribution in [3.63, 3.8) is 0 Å². The smallest absolute Gasteiger partial charge is 0.304 e. The molecule has 1 aromatic carbocycles. The molecule has 0 saturated heterocycles. The van der Waals surface area contributed by atoms with Crippen LogP contribution in [0.25, 0.3) is 0 Å². The normalized spacial score (nSPS) is 13.1. The Morgan fingerprint density at radius 3 is 2.77 bits per heavy atom. The summed E-state index contributed by atoms with van der Waals surface area (Å²) in [6.45, 7) is 2.34. The van der Waals surface area contributed by atoms with Crippen LogP contribution < -0.4 is 10.2 Å². The summed E-state index contributed by atoms with van der Waals surface area (Å²) in [6.07, 6.45) is 0.692. The number of rotatable bonds is 1. The van der Waals surface area contributed by atoms with Crippen molar-refractivity contribution in [1.29, 1.82) is 0 Å². The number of anilines is 2. The van der Waals surface area contributed by atoms with Crippen LogP contribution in [-0.2, 0) is 23.1 Å². The molecule has 1 aliphatic heterocycles. The van der Waals surface area contributed by atoms with Crippen molar-refractivity contribution in [1.82, 2.24) is 9.78 Å². The third-order valence-corrected chi connectivity index (χ3v) is 3.97. The molecule has 1 aliphatic rings. The largest absolute Gasteiger partial charge is 0.316 e. The molecular formula is C15H15ClN4O2. The van der Waals surface area contributed by atoms with Crippen molar-refractivity contribution in [2.45, 2.75) is 13.3 Å². The Bertz CT molecular complexity index is 749. The van der Waals surface area contributed by atoms with Crippen LogP contribution in [0.3, 0.4) is 0 Å². The van der Waals surface area contributed by atoms with Gasteiger partial charge in [-0.05, 0) is 37.1 Å². The number of benzene rings is 1. The summed E-state index contributed by atoms with van der Waals surface area (Å²) < 4.78 is 1.63. The van der Waals surface area contributed by atoms with Crippen molar-refractivity contribution < 1.29 is 9.59 Å². The summed E-state index contributed by atoms with van der Waals surface area (Å²) in [6, 6.07) is 7.01. The Kier molecular flexibility index (Phi) is 3.62. The van der Waals surface area contributed by atoms with E-state index >= 15 is 0 Å². The lowest BCUT2D eigenvalue weighted by Crippen LogP contribution is -2.38. The molecule has 114 valence electrons. The zero-order valence-electron chi connectivity index (χ0n) is 12.3. The fraction of sp³-hybridized carbons (Fsp3) is 0.267. The first-order chi connectivity index (χ1) is 10.5. The van der Waals surface area contributed by atoms with E-state index in [9.17, 15) is 9.59 Å². The number of nitrogens with one attached hydrogen (secondary N) is 1. The first-order valence-corrected chi connectivity index (χ1v) is 7.25. The SMILES string of the molecule is Cc1cc(NC(=O)C(=O)N2CCc3cc(Cl)ccc32)nn1C. The zero-order chi connectivity index (χ0) is 15.9. The lowest BCUT2D eigenvalue weighted by molar-refractivity contribution is -0.134. The number of nitrogens with zero attached hydrogens (tertiary/aromatic N) is 3. The first-order valence-electron chi connectivity index (χ1n) is 6.87. The number of aromatic nitrogens is 2. The average Bonchev–Trinajstić information content (AvgIpc) is 3.01. The molecule has 0 spiro atoms. The van der Waals surface area contributed by atoms with E-state index in [2.05, 4.69) is 10.4 Å². The molecule has 0 bridgehead atoms. The van der Waals surface area contributed by atoms with E-state index in [1.807, 2.05) is 13.0 Å². The summed E-state index contributed by atoms with van der Waals surface area (Å²) in [5.74, 6) is -0.917. The predicted molar refractivity (Wildman–Crippen MR) is 84.1 cm³/mol. The summed E-state index contributed by atoms with van der Waals surface area (Å²) in [5.41, 5.74) is 2.60. The second-order valence-electron chi connectivity index (χ2n) is 5.23. The number of carbonyl (C=O) groups is 2. The van der Waals surface area contributed by atoms with Gasteiger partial charge in [-0.1, -0.05) is 11.6 Å². The van der Waals surface area contributed by atoms with Gasteiger partial charge in [0.25, 0.3) is 0 Å². The second kappa shape index (κ2) is 5.46. The van der Waals surface area contributed by atoms with E-state index in [4.69, 9.17) is 11.6 Å². The van der Waals surface area contributed by atoms with E-state index in [1.165, 1.54) is 4.90 Å². The maximum Gasteiger partial charge on any atom is 0.316 e. The molecule has 0 fully saturated rings. The van der Waals surface area contributed by atoms with Gasteiger partial charge in [0.15, 0.2) is 5.82 Å². The van der Waals surface area contributed by atoms with Gasteiger partial charge in [-0.25, -0.2) is 0 Å². The quantitative estimate of drug-likeness (QED) is 0.817. The molecule has 0 atom stereocenters. The Hall–Kier alpha value is -2.34. The molecule has 0 radical (unpaired) electrons. The fourth-order valence-electron chi connectivity index (χ4n) is 2.50. The van der Waals surface area contributed by atoms with Crippen LogP contribution in [0.15, 0.2) is 24.3 Å². The van der Waals surface area contributed by atoms with Gasteiger partial charge in [0, 0.05) is 36.1 Å². The highest BCUT2D eigenvalue weighted by molar-refractivity contribution is 6.44. The molecule has 0 unspecified atom stereocenters. The minimum atomic E-state index is -0.694. The van der Waals surface area contributed by atoms with Gasteiger partial charge < -0.3 is 10.2 Å². The lowest BCUT2D eigenvalue weighted by Gasteiger charge is -2.16. The second-order valence-corrected chi connectivity index (χ2v) is 5.66. The summed E-state index contributed by atoms with van der Waals surface area (Å²) in [5, 5.41) is 7.27. The van der Waals surface area contributed by atoms with Crippen LogP contribution in [0.1, 0.15) is 11.3 Å². The van der Waals surface area contributed by atoms with E-state index in [0.717, 1.165) is 16.9 Å². The Labute approximate surface area is 132 Å². The first kappa shape index (κ1) is 14.6. The Morgan fingerprint density at radius 1 is 1.32 bits per heavy atom. The van der Waals surface area contributed by atoms with Crippen molar-refractivity contribution in [2.75, 3.05) is 16.8 Å². The number of fused-ring (bicyclic) bond motifs is 1. The molecule has 3 rings (SSSR count). The van der Waals surface area contributed by atoms with Gasteiger partial charge >= 0.3 is 11.8 Å². The van der Waals surface area contributed by atoms with Crippen molar-refractivity contribution >= 4 is 34.9 Å². The monoisotopic (exact) mass is 318 g/mol. The van der Waals surface area contributed by atoms with E-state index in [-0.39, 0.29) is 0 Å². The molecule has 2 heterocycles. The molecule has 0 saturated carbocycles. The highest BCUT2D eigenvalue weighted by Crippen LogP contribution is 2.30. The fourth-order valence-corrected chi connectivity index (χ4v) is 2.69. The highest BCUT2D eigenvalue weighted by atomic mass is 35.5. The molecule has 7 heteroatoms. The van der Waals surface area contributed by atoms with Gasteiger partial charge in [0.2, 0.25) is 0 Å². The van der Waals surface area contributed by atoms with Crippen molar-refractivity contribution in [3.8, 4) is 0 Å². The van der Waals surface area contributed by atoms with Gasteiger partial charge in [-0.2, -0.15) is 5.10 Å². The molecule has 1 aromatic heterocycles. The standard InChI is InChI=1S/C15H15ClN4O2/c1-9-7-13(18-19(9)2)17-14(21)15(22)20-6-5-10-8-11(16)3-4-12(10)20/h3-4,7-8H,5-6H2,1-2H3,(H,17,18,21). The number of amides is 2. The molecule has 2 aromatic rings. The van der Waals surface area contributed by atoms with Gasteiger partial charge in [-0.3, -0.25) is 14.3 Å². The van der Waals surface area contributed by atoms with Crippen LogP contribution in [0.2, 0.25) is 5.02 Å². The van der Waals surface area contributed by atoms with E-state index in [1.54, 1.807) is 29.9 Å². The van der Waals surface area contributed by atoms with Crippen LogP contribution in [0, 0.1) is 6.92 Å². The topological polar surface area (TPSA) is 67.2 Å². The average molecular weight is 319 g/mol. The van der Waals surface area contributed by atoms with Crippen molar-refractivity contribution in [2.24, 2.45) is 7.05 Å². The minimum Gasteiger partial charge on any atom is -0.304 e. The highest BCUT2D eigenvalue weighted by Gasteiger charge is 2.29. The van der Waals surface area contributed by atoms with Crippen LogP contribution >= 0.6 is 11.6 Å². The Morgan fingerprint density at radius 2 is 2.09 bits per heavy atom. The molecular weight excluding hydrogens is 304 g/mol. The third-order valence-electron chi connectivity index (χ3n) is 3.73. The maximum atomic E-state index is 12.3. The Balaban J connectivity index is 1.76. The molecule has 1 N–H and O–H groups in total. The zero-order valence-corrected chi connectivity index (χ0v) is 13.0. The number of hydrogen-bond donors (Lipinski definition) is 1. The number of halogens is 1. The molecule has 2 amide bonds. The summed E-state index contributed by atoms with van der Waals surface area (Å²) in [7, 11) is 1.77. The van der Waals surface area contributed by atoms with E-state index in [0.29, 0.717) is 23.8 Å². The third kappa shape index (κ3) is 2.57. The number of aryl methyl sites for hydroxylation is 2. The van der Waals surface area contributed by atoms with Crippen LogP contribution in [-0.4, -0.2) is 28.1 Å². The molecule has 0 aliphatic carbocycles. The van der Waals surface area contributed by atoms with Gasteiger partial charge in [0.1, 0.15) is 0 Å².